The molecule has 2 aliphatic rings. The first-order valence-corrected chi connectivity index (χ1v) is 9.58. The van der Waals surface area contributed by atoms with E-state index in [1.54, 1.807) is 0 Å². The molecule has 0 aromatic rings. The lowest BCUT2D eigenvalue weighted by Gasteiger charge is -2.51. The molecule has 2 unspecified atom stereocenters. The van der Waals surface area contributed by atoms with Gasteiger partial charge in [-0.2, -0.15) is 5.06 Å². The van der Waals surface area contributed by atoms with Crippen molar-refractivity contribution < 1.29 is 14.4 Å². The van der Waals surface area contributed by atoms with Crippen LogP contribution in [0, 0.1) is 11.8 Å². The summed E-state index contributed by atoms with van der Waals surface area (Å²) in [5.41, 5.74) is -0.328. The maximum Gasteiger partial charge on any atom is 0.309 e. The molecule has 0 amide bonds. The smallest absolute Gasteiger partial charge is 0.309 e. The van der Waals surface area contributed by atoms with Crippen molar-refractivity contribution in [3.8, 4) is 0 Å². The minimum absolute atomic E-state index is 0.0137. The van der Waals surface area contributed by atoms with Crippen molar-refractivity contribution >= 4 is 5.97 Å². The fraction of sp³-hybridized carbons (Fsp3) is 0.950. The summed E-state index contributed by atoms with van der Waals surface area (Å²) in [7, 11) is 0. The van der Waals surface area contributed by atoms with E-state index < -0.39 is 5.60 Å². The maximum atomic E-state index is 12.5. The van der Waals surface area contributed by atoms with Gasteiger partial charge in [0.05, 0.1) is 12.5 Å². The van der Waals surface area contributed by atoms with Crippen molar-refractivity contribution in [2.24, 2.45) is 11.8 Å². The average Bonchev–Trinajstić information content (AvgIpc) is 2.83. The first kappa shape index (κ1) is 19.7. The molecule has 1 saturated heterocycles. The summed E-state index contributed by atoms with van der Waals surface area (Å²) in [6, 6.07) is 0. The van der Waals surface area contributed by atoms with Crippen molar-refractivity contribution in [3.05, 3.63) is 0 Å². The lowest BCUT2D eigenvalue weighted by molar-refractivity contribution is -0.287. The number of nitrogens with zero attached hydrogens (tertiary/aromatic N) is 1. The van der Waals surface area contributed by atoms with Gasteiger partial charge in [0, 0.05) is 11.1 Å². The van der Waals surface area contributed by atoms with Crippen LogP contribution in [0.15, 0.2) is 0 Å². The van der Waals surface area contributed by atoms with Crippen LogP contribution in [-0.4, -0.2) is 34.3 Å². The third-order valence-corrected chi connectivity index (χ3v) is 5.46. The van der Waals surface area contributed by atoms with Gasteiger partial charge in [0.2, 0.25) is 0 Å². The van der Waals surface area contributed by atoms with E-state index in [9.17, 15) is 4.79 Å². The second-order valence-corrected chi connectivity index (χ2v) is 9.90. The Morgan fingerprint density at radius 3 is 2.17 bits per heavy atom. The fourth-order valence-corrected chi connectivity index (χ4v) is 4.42. The van der Waals surface area contributed by atoms with E-state index in [1.165, 1.54) is 6.42 Å². The monoisotopic (exact) mass is 339 g/mol. The standard InChI is InChI=1S/C20H37NO3/c1-18(2,3)24-17(22)16-11-8-10-15(16)14-23-21-19(4,5)12-9-13-20(21,6)7/h15-16H,8-14H2,1-7H3. The van der Waals surface area contributed by atoms with Crippen LogP contribution in [0.2, 0.25) is 0 Å². The molecule has 1 saturated carbocycles. The highest BCUT2D eigenvalue weighted by Gasteiger charge is 2.44. The van der Waals surface area contributed by atoms with Crippen LogP contribution < -0.4 is 0 Å². The Labute approximate surface area is 148 Å². The van der Waals surface area contributed by atoms with E-state index in [-0.39, 0.29) is 28.9 Å². The number of ether oxygens (including phenoxy) is 1. The van der Waals surface area contributed by atoms with Gasteiger partial charge in [0.15, 0.2) is 0 Å². The molecule has 4 heteroatoms. The van der Waals surface area contributed by atoms with E-state index in [0.717, 1.165) is 32.1 Å². The van der Waals surface area contributed by atoms with Crippen molar-refractivity contribution in [1.29, 1.82) is 0 Å². The number of carbonyl (C=O) groups is 1. The van der Waals surface area contributed by atoms with Gasteiger partial charge in [-0.25, -0.2) is 0 Å². The molecule has 1 aliphatic carbocycles. The number of piperidine rings is 1. The van der Waals surface area contributed by atoms with E-state index in [0.29, 0.717) is 6.61 Å². The van der Waals surface area contributed by atoms with Gasteiger partial charge in [0.1, 0.15) is 5.60 Å². The molecule has 0 aromatic heterocycles. The Hall–Kier alpha value is -0.610. The van der Waals surface area contributed by atoms with Crippen LogP contribution in [0.1, 0.15) is 87.0 Å². The third-order valence-electron chi connectivity index (χ3n) is 5.46. The van der Waals surface area contributed by atoms with Crippen molar-refractivity contribution in [2.45, 2.75) is 104 Å². The van der Waals surface area contributed by atoms with Crippen molar-refractivity contribution in [2.75, 3.05) is 6.61 Å². The first-order chi connectivity index (χ1) is 10.9. The van der Waals surface area contributed by atoms with Gasteiger partial charge in [-0.05, 0) is 86.5 Å². The van der Waals surface area contributed by atoms with Crippen LogP contribution >= 0.6 is 0 Å². The molecule has 4 nitrogen and oxygen atoms in total. The summed E-state index contributed by atoms with van der Waals surface area (Å²) < 4.78 is 5.62. The predicted molar refractivity (Wildman–Crippen MR) is 96.5 cm³/mol. The summed E-state index contributed by atoms with van der Waals surface area (Å²) in [5, 5.41) is 2.20. The summed E-state index contributed by atoms with van der Waals surface area (Å²) in [4.78, 5) is 18.8. The number of carbonyl (C=O) groups excluding carboxylic acids is 1. The van der Waals surface area contributed by atoms with E-state index in [2.05, 4.69) is 32.8 Å². The van der Waals surface area contributed by atoms with Crippen LogP contribution in [0.5, 0.6) is 0 Å². The van der Waals surface area contributed by atoms with Gasteiger partial charge in [-0.3, -0.25) is 9.63 Å². The molecule has 2 atom stereocenters. The Bertz CT molecular complexity index is 434. The lowest BCUT2D eigenvalue weighted by atomic mass is 9.82. The summed E-state index contributed by atoms with van der Waals surface area (Å²) in [6.45, 7) is 15.5. The van der Waals surface area contributed by atoms with Crippen LogP contribution in [-0.2, 0) is 14.4 Å². The zero-order chi connectivity index (χ0) is 18.2. The lowest BCUT2D eigenvalue weighted by Crippen LogP contribution is -2.58. The molecule has 24 heavy (non-hydrogen) atoms. The van der Waals surface area contributed by atoms with Crippen LogP contribution in [0.25, 0.3) is 0 Å². The number of rotatable bonds is 4. The van der Waals surface area contributed by atoms with Gasteiger partial charge in [-0.1, -0.05) is 6.42 Å². The fourth-order valence-electron chi connectivity index (χ4n) is 4.42. The molecule has 0 radical (unpaired) electrons. The molecule has 1 aliphatic heterocycles. The largest absolute Gasteiger partial charge is 0.460 e. The Balaban J connectivity index is 1.98. The molecule has 0 aromatic carbocycles. The molecule has 1 heterocycles. The van der Waals surface area contributed by atoms with Gasteiger partial charge in [-0.15, -0.1) is 0 Å². The van der Waals surface area contributed by atoms with Gasteiger partial charge >= 0.3 is 5.97 Å². The molecule has 2 rings (SSSR count). The summed E-state index contributed by atoms with van der Waals surface area (Å²) in [6.07, 6.45) is 6.61. The van der Waals surface area contributed by atoms with E-state index >= 15 is 0 Å². The highest BCUT2D eigenvalue weighted by Crippen LogP contribution is 2.40. The number of hydrogen-bond acceptors (Lipinski definition) is 4. The second kappa shape index (κ2) is 6.95. The molecule has 2 fully saturated rings. The minimum Gasteiger partial charge on any atom is -0.460 e. The van der Waals surface area contributed by atoms with Crippen LogP contribution in [0.3, 0.4) is 0 Å². The quantitative estimate of drug-likeness (QED) is 0.695. The Morgan fingerprint density at radius 2 is 1.62 bits per heavy atom. The number of hydroxylamine groups is 2. The SMILES string of the molecule is CC(C)(C)OC(=O)C1CCCC1CON1C(C)(C)CCCC1(C)C. The maximum absolute atomic E-state index is 12.5. The summed E-state index contributed by atoms with van der Waals surface area (Å²) >= 11 is 0. The molecule has 0 N–H and O–H groups in total. The molecule has 0 spiro atoms. The Morgan fingerprint density at radius 1 is 1.04 bits per heavy atom. The average molecular weight is 340 g/mol. The normalized spacial score (nSPS) is 30.3. The zero-order valence-corrected chi connectivity index (χ0v) is 16.8. The summed E-state index contributed by atoms with van der Waals surface area (Å²) in [5.74, 6) is 0.208. The first-order valence-electron chi connectivity index (χ1n) is 9.58. The third kappa shape index (κ3) is 4.72. The predicted octanol–water partition coefficient (Wildman–Crippen LogP) is 4.72. The highest BCUT2D eigenvalue weighted by molar-refractivity contribution is 5.73. The molecular formula is C20H37NO3. The number of hydrogen-bond donors (Lipinski definition) is 0. The highest BCUT2D eigenvalue weighted by atomic mass is 16.7. The minimum atomic E-state index is -0.415. The van der Waals surface area contributed by atoms with E-state index in [4.69, 9.17) is 9.57 Å². The molecule has 0 bridgehead atoms. The Kier molecular flexibility index (Phi) is 5.71. The topological polar surface area (TPSA) is 38.8 Å². The van der Waals surface area contributed by atoms with Gasteiger partial charge in [0.25, 0.3) is 0 Å². The molecule has 140 valence electrons. The van der Waals surface area contributed by atoms with Gasteiger partial charge < -0.3 is 4.74 Å². The second-order valence-electron chi connectivity index (χ2n) is 9.90. The van der Waals surface area contributed by atoms with Crippen LogP contribution in [0.4, 0.5) is 0 Å². The molecular weight excluding hydrogens is 302 g/mol. The number of esters is 1. The van der Waals surface area contributed by atoms with Crippen molar-refractivity contribution in [1.82, 2.24) is 5.06 Å². The zero-order valence-electron chi connectivity index (χ0n) is 16.8. The van der Waals surface area contributed by atoms with Crippen molar-refractivity contribution in [3.63, 3.8) is 0 Å². The van der Waals surface area contributed by atoms with E-state index in [1.807, 2.05) is 20.8 Å².